The van der Waals surface area contributed by atoms with Crippen LogP contribution in [-0.4, -0.2) is 56.0 Å². The van der Waals surface area contributed by atoms with Crippen LogP contribution in [0.1, 0.15) is 35.2 Å². The van der Waals surface area contributed by atoms with E-state index in [4.69, 9.17) is 14.7 Å². The van der Waals surface area contributed by atoms with Crippen LogP contribution in [0.5, 0.6) is 5.75 Å². The van der Waals surface area contributed by atoms with E-state index in [2.05, 4.69) is 24.0 Å². The Kier molecular flexibility index (Phi) is 6.84. The van der Waals surface area contributed by atoms with Gasteiger partial charge in [0.05, 0.1) is 17.4 Å². The van der Waals surface area contributed by atoms with E-state index in [9.17, 15) is 8.42 Å². The lowest BCUT2D eigenvalue weighted by molar-refractivity contribution is 0.383. The van der Waals surface area contributed by atoms with Crippen LogP contribution in [0.25, 0.3) is 10.2 Å². The number of fused-ring (bicyclic) bond motifs is 3. The van der Waals surface area contributed by atoms with Gasteiger partial charge >= 0.3 is 0 Å². The van der Waals surface area contributed by atoms with E-state index >= 15 is 0 Å². The lowest BCUT2D eigenvalue weighted by Gasteiger charge is -2.35. The van der Waals surface area contributed by atoms with Gasteiger partial charge in [-0.25, -0.2) is 18.4 Å². The Hall–Kier alpha value is -3.01. The van der Waals surface area contributed by atoms with Gasteiger partial charge in [-0.1, -0.05) is 37.3 Å². The highest BCUT2D eigenvalue weighted by atomic mass is 32.2. The summed E-state index contributed by atoms with van der Waals surface area (Å²) >= 11 is 1.82. The number of aryl methyl sites for hydroxylation is 1. The summed E-state index contributed by atoms with van der Waals surface area (Å²) in [4.78, 5) is 15.2. The minimum absolute atomic E-state index is 0.294. The van der Waals surface area contributed by atoms with E-state index in [1.54, 1.807) is 35.7 Å². The van der Waals surface area contributed by atoms with Gasteiger partial charge in [-0.15, -0.1) is 11.3 Å². The normalized spacial score (nSPS) is 18.5. The number of thiophene rings is 1. The van der Waals surface area contributed by atoms with Crippen LogP contribution in [0.15, 0.2) is 59.5 Å². The van der Waals surface area contributed by atoms with Gasteiger partial charge in [-0.05, 0) is 60.6 Å². The van der Waals surface area contributed by atoms with E-state index in [0.29, 0.717) is 49.2 Å². The van der Waals surface area contributed by atoms with Crippen molar-refractivity contribution in [3.8, 4) is 5.75 Å². The molecule has 198 valence electrons. The van der Waals surface area contributed by atoms with Crippen LogP contribution in [0.3, 0.4) is 0 Å². The van der Waals surface area contributed by atoms with Crippen molar-refractivity contribution in [1.82, 2.24) is 14.3 Å². The van der Waals surface area contributed by atoms with Crippen LogP contribution in [0.2, 0.25) is 0 Å². The molecule has 38 heavy (non-hydrogen) atoms. The molecule has 2 aromatic heterocycles. The molecule has 1 aliphatic heterocycles. The Labute approximate surface area is 228 Å². The third kappa shape index (κ3) is 4.79. The number of anilines is 1. The number of hydrogen-bond acceptors (Lipinski definition) is 7. The first-order valence-electron chi connectivity index (χ1n) is 13.2. The molecule has 0 N–H and O–H groups in total. The average molecular weight is 549 g/mol. The third-order valence-corrected chi connectivity index (χ3v) is 10.7. The molecule has 1 fully saturated rings. The third-order valence-electron chi connectivity index (χ3n) is 7.62. The molecule has 2 aliphatic rings. The molecule has 2 aromatic carbocycles. The first-order valence-corrected chi connectivity index (χ1v) is 15.4. The Bertz CT molecular complexity index is 1540. The van der Waals surface area contributed by atoms with E-state index in [1.165, 1.54) is 27.8 Å². The number of hydrogen-bond donors (Lipinski definition) is 0. The Morgan fingerprint density at radius 2 is 1.74 bits per heavy atom. The number of aromatic nitrogens is 2. The smallest absolute Gasteiger partial charge is 0.243 e. The van der Waals surface area contributed by atoms with Crippen molar-refractivity contribution in [1.29, 1.82) is 0 Å². The summed E-state index contributed by atoms with van der Waals surface area (Å²) in [7, 11) is -2.00. The number of piperazine rings is 1. The van der Waals surface area contributed by atoms with Crippen molar-refractivity contribution in [3.05, 3.63) is 76.4 Å². The largest absolute Gasteiger partial charge is 0.497 e. The van der Waals surface area contributed by atoms with E-state index in [0.717, 1.165) is 29.3 Å². The summed E-state index contributed by atoms with van der Waals surface area (Å²) in [6.07, 6.45) is 4.00. The first-order chi connectivity index (χ1) is 18.4. The SMILES string of the molecule is COc1ccc(S(=O)(=O)N2CCN(c3nc(Cc4ccccc4)nc4sc5c(c34)CCC(C)C5)CC2)cc1. The van der Waals surface area contributed by atoms with Gasteiger partial charge in [0.15, 0.2) is 0 Å². The summed E-state index contributed by atoms with van der Waals surface area (Å²) in [6.45, 7) is 4.33. The molecule has 1 saturated heterocycles. The van der Waals surface area contributed by atoms with Crippen molar-refractivity contribution >= 4 is 37.4 Å². The maximum atomic E-state index is 13.3. The summed E-state index contributed by atoms with van der Waals surface area (Å²) in [5.74, 6) is 3.11. The number of sulfonamides is 1. The molecule has 1 aliphatic carbocycles. The molecule has 0 saturated carbocycles. The predicted molar refractivity (Wildman–Crippen MR) is 152 cm³/mol. The minimum Gasteiger partial charge on any atom is -0.497 e. The topological polar surface area (TPSA) is 75.6 Å². The van der Waals surface area contributed by atoms with Crippen molar-refractivity contribution < 1.29 is 13.2 Å². The molecule has 7 nitrogen and oxygen atoms in total. The highest BCUT2D eigenvalue weighted by Gasteiger charge is 2.31. The number of ether oxygens (including phenoxy) is 1. The summed E-state index contributed by atoms with van der Waals surface area (Å²) in [6, 6.07) is 16.9. The van der Waals surface area contributed by atoms with Crippen LogP contribution >= 0.6 is 11.3 Å². The van der Waals surface area contributed by atoms with Gasteiger partial charge in [0.25, 0.3) is 0 Å². The molecule has 3 heterocycles. The molecular weight excluding hydrogens is 516 g/mol. The summed E-state index contributed by atoms with van der Waals surface area (Å²) < 4.78 is 33.4. The van der Waals surface area contributed by atoms with Gasteiger partial charge in [0.2, 0.25) is 10.0 Å². The van der Waals surface area contributed by atoms with Crippen LogP contribution in [-0.2, 0) is 29.3 Å². The highest BCUT2D eigenvalue weighted by Crippen LogP contribution is 2.41. The Morgan fingerprint density at radius 3 is 2.45 bits per heavy atom. The zero-order valence-corrected chi connectivity index (χ0v) is 23.4. The lowest BCUT2D eigenvalue weighted by Crippen LogP contribution is -2.49. The van der Waals surface area contributed by atoms with Crippen molar-refractivity contribution in [2.75, 3.05) is 38.2 Å². The van der Waals surface area contributed by atoms with Crippen LogP contribution in [0, 0.1) is 5.92 Å². The fourth-order valence-electron chi connectivity index (χ4n) is 5.49. The van der Waals surface area contributed by atoms with Crippen molar-refractivity contribution in [2.24, 2.45) is 5.92 Å². The van der Waals surface area contributed by atoms with Gasteiger partial charge in [0.1, 0.15) is 22.2 Å². The van der Waals surface area contributed by atoms with Gasteiger partial charge in [-0.2, -0.15) is 4.31 Å². The van der Waals surface area contributed by atoms with Crippen molar-refractivity contribution in [3.63, 3.8) is 0 Å². The second-order valence-corrected chi connectivity index (χ2v) is 13.2. The Morgan fingerprint density at radius 1 is 1.00 bits per heavy atom. The summed E-state index contributed by atoms with van der Waals surface area (Å²) in [5, 5.41) is 1.18. The molecule has 0 amide bonds. The monoisotopic (exact) mass is 548 g/mol. The molecule has 0 radical (unpaired) electrons. The number of benzene rings is 2. The second kappa shape index (κ2) is 10.3. The zero-order valence-electron chi connectivity index (χ0n) is 21.8. The van der Waals surface area contributed by atoms with Crippen molar-refractivity contribution in [2.45, 2.75) is 37.5 Å². The molecule has 0 spiro atoms. The van der Waals surface area contributed by atoms with Crippen LogP contribution in [0.4, 0.5) is 5.82 Å². The molecule has 4 aromatic rings. The molecule has 0 bridgehead atoms. The quantitative estimate of drug-likeness (QED) is 0.340. The second-order valence-electron chi connectivity index (χ2n) is 10.2. The first kappa shape index (κ1) is 25.3. The minimum atomic E-state index is -3.57. The molecule has 1 unspecified atom stereocenters. The Balaban J connectivity index is 1.31. The average Bonchev–Trinajstić information content (AvgIpc) is 3.30. The number of methoxy groups -OCH3 is 1. The fourth-order valence-corrected chi connectivity index (χ4v) is 8.31. The standard InChI is InChI=1S/C29H32N4O3S2/c1-20-8-13-24-25(18-20)37-29-27(24)28(30-26(31-29)19-21-6-4-3-5-7-21)32-14-16-33(17-15-32)38(34,35)23-11-9-22(36-2)10-12-23/h3-7,9-12,20H,8,13-19H2,1-2H3. The van der Waals surface area contributed by atoms with Gasteiger partial charge in [0, 0.05) is 37.5 Å². The number of rotatable bonds is 6. The highest BCUT2D eigenvalue weighted by molar-refractivity contribution is 7.89. The van der Waals surface area contributed by atoms with Crippen LogP contribution < -0.4 is 9.64 Å². The van der Waals surface area contributed by atoms with E-state index in [1.807, 2.05) is 29.5 Å². The summed E-state index contributed by atoms with van der Waals surface area (Å²) in [5.41, 5.74) is 2.58. The lowest BCUT2D eigenvalue weighted by atomic mass is 9.89. The maximum absolute atomic E-state index is 13.3. The predicted octanol–water partition coefficient (Wildman–Crippen LogP) is 4.93. The van der Waals surface area contributed by atoms with Gasteiger partial charge < -0.3 is 9.64 Å². The maximum Gasteiger partial charge on any atom is 0.243 e. The molecule has 1 atom stereocenters. The van der Waals surface area contributed by atoms with E-state index < -0.39 is 10.0 Å². The van der Waals surface area contributed by atoms with Gasteiger partial charge in [-0.3, -0.25) is 0 Å². The zero-order chi connectivity index (χ0) is 26.3. The molecule has 9 heteroatoms. The molecular formula is C29H32N4O3S2. The number of nitrogens with zero attached hydrogens (tertiary/aromatic N) is 4. The fraction of sp³-hybridized carbons (Fsp3) is 0.379. The molecule has 6 rings (SSSR count). The van der Waals surface area contributed by atoms with E-state index in [-0.39, 0.29) is 0 Å².